The van der Waals surface area contributed by atoms with Crippen molar-refractivity contribution >= 4 is 12.1 Å². The highest BCUT2D eigenvalue weighted by Gasteiger charge is 2.34. The van der Waals surface area contributed by atoms with Gasteiger partial charge in [0.2, 0.25) is 0 Å². The Morgan fingerprint density at radius 3 is 2.31 bits per heavy atom. The molecule has 1 saturated heterocycles. The molecular weight excluding hydrogens is 368 g/mol. The van der Waals surface area contributed by atoms with E-state index in [0.29, 0.717) is 32.7 Å². The fourth-order valence-electron chi connectivity index (χ4n) is 3.55. The number of nitrogens with two attached hydrogens (primary N) is 1. The van der Waals surface area contributed by atoms with Gasteiger partial charge in [0, 0.05) is 26.2 Å². The number of amides is 3. The Bertz CT molecular complexity index is 650. The number of aryl methyl sites for hydroxylation is 1. The van der Waals surface area contributed by atoms with Crippen LogP contribution in [-0.2, 0) is 11.2 Å². The second kappa shape index (κ2) is 10.5. The SMILES string of the molecule is CC(C)(C)OC(=O)NCCNC(=O)N1CCC(CN)(CCc2ccccc2)CC1. The maximum atomic E-state index is 12.4. The van der Waals surface area contributed by atoms with Gasteiger partial charge in [-0.05, 0) is 64.0 Å². The van der Waals surface area contributed by atoms with Crippen molar-refractivity contribution in [1.29, 1.82) is 0 Å². The van der Waals surface area contributed by atoms with Crippen LogP contribution in [0.15, 0.2) is 30.3 Å². The number of ether oxygens (including phenoxy) is 1. The number of carbonyl (C=O) groups is 2. The van der Waals surface area contributed by atoms with Crippen LogP contribution in [0.4, 0.5) is 9.59 Å². The Balaban J connectivity index is 1.69. The molecule has 1 aliphatic heterocycles. The van der Waals surface area contributed by atoms with Gasteiger partial charge in [0.05, 0.1) is 0 Å². The lowest BCUT2D eigenvalue weighted by molar-refractivity contribution is 0.0527. The Morgan fingerprint density at radius 2 is 1.72 bits per heavy atom. The smallest absolute Gasteiger partial charge is 0.407 e. The first-order valence-electron chi connectivity index (χ1n) is 10.5. The van der Waals surface area contributed by atoms with Gasteiger partial charge in [-0.2, -0.15) is 0 Å². The zero-order valence-corrected chi connectivity index (χ0v) is 18.0. The Morgan fingerprint density at radius 1 is 1.10 bits per heavy atom. The Labute approximate surface area is 174 Å². The van der Waals surface area contributed by atoms with Crippen molar-refractivity contribution < 1.29 is 14.3 Å². The predicted octanol–water partition coefficient (Wildman–Crippen LogP) is 2.89. The zero-order valence-electron chi connectivity index (χ0n) is 18.0. The molecule has 0 atom stereocenters. The van der Waals surface area contributed by atoms with E-state index in [1.807, 2.05) is 31.7 Å². The van der Waals surface area contributed by atoms with Crippen molar-refractivity contribution in [1.82, 2.24) is 15.5 Å². The number of carbonyl (C=O) groups excluding carboxylic acids is 2. The standard InChI is InChI=1S/C22H36N4O3/c1-21(2,3)29-20(28)25-14-13-24-19(27)26-15-11-22(17-23,12-16-26)10-9-18-7-5-4-6-8-18/h4-8H,9-17,23H2,1-3H3,(H,24,27)(H,25,28). The Kier molecular flexibility index (Phi) is 8.32. The molecule has 2 rings (SSSR count). The normalized spacial score (nSPS) is 16.2. The van der Waals surface area contributed by atoms with Crippen LogP contribution in [0, 0.1) is 5.41 Å². The van der Waals surface area contributed by atoms with Crippen LogP contribution in [0.2, 0.25) is 0 Å². The molecule has 1 aliphatic rings. The highest BCUT2D eigenvalue weighted by Crippen LogP contribution is 2.35. The lowest BCUT2D eigenvalue weighted by atomic mass is 9.74. The molecule has 0 saturated carbocycles. The molecule has 162 valence electrons. The molecule has 0 unspecified atom stereocenters. The lowest BCUT2D eigenvalue weighted by Crippen LogP contribution is -2.50. The summed E-state index contributed by atoms with van der Waals surface area (Å²) in [4.78, 5) is 25.8. The first kappa shape index (κ1) is 23.0. The predicted molar refractivity (Wildman–Crippen MR) is 115 cm³/mol. The molecule has 7 heteroatoms. The molecule has 29 heavy (non-hydrogen) atoms. The van der Waals surface area contributed by atoms with Crippen molar-refractivity contribution in [3.63, 3.8) is 0 Å². The number of alkyl carbamates (subject to hydrolysis) is 1. The summed E-state index contributed by atoms with van der Waals surface area (Å²) in [6.45, 7) is 8.19. The van der Waals surface area contributed by atoms with Crippen LogP contribution in [-0.4, -0.2) is 55.3 Å². The van der Waals surface area contributed by atoms with Gasteiger partial charge < -0.3 is 26.0 Å². The van der Waals surface area contributed by atoms with Crippen LogP contribution in [0.5, 0.6) is 0 Å². The summed E-state index contributed by atoms with van der Waals surface area (Å²) >= 11 is 0. The topological polar surface area (TPSA) is 96.7 Å². The number of benzene rings is 1. The number of urea groups is 1. The van der Waals surface area contributed by atoms with E-state index in [0.717, 1.165) is 25.7 Å². The summed E-state index contributed by atoms with van der Waals surface area (Å²) in [5, 5.41) is 5.50. The maximum absolute atomic E-state index is 12.4. The quantitative estimate of drug-likeness (QED) is 0.609. The van der Waals surface area contributed by atoms with Crippen molar-refractivity contribution in [3.05, 3.63) is 35.9 Å². The maximum Gasteiger partial charge on any atom is 0.407 e. The van der Waals surface area contributed by atoms with E-state index < -0.39 is 11.7 Å². The van der Waals surface area contributed by atoms with E-state index >= 15 is 0 Å². The summed E-state index contributed by atoms with van der Waals surface area (Å²) in [5.74, 6) is 0. The van der Waals surface area contributed by atoms with Gasteiger partial charge in [-0.3, -0.25) is 0 Å². The molecule has 1 fully saturated rings. The highest BCUT2D eigenvalue weighted by molar-refractivity contribution is 5.74. The van der Waals surface area contributed by atoms with Gasteiger partial charge in [-0.1, -0.05) is 30.3 Å². The average Bonchev–Trinajstić information content (AvgIpc) is 2.69. The average molecular weight is 405 g/mol. The van der Waals surface area contributed by atoms with Crippen LogP contribution < -0.4 is 16.4 Å². The monoisotopic (exact) mass is 404 g/mol. The van der Waals surface area contributed by atoms with Crippen molar-refractivity contribution in [2.75, 3.05) is 32.7 Å². The van der Waals surface area contributed by atoms with Gasteiger partial charge in [0.15, 0.2) is 0 Å². The van der Waals surface area contributed by atoms with Gasteiger partial charge in [0.1, 0.15) is 5.60 Å². The number of nitrogens with one attached hydrogen (secondary N) is 2. The molecule has 1 aromatic carbocycles. The largest absolute Gasteiger partial charge is 0.444 e. The van der Waals surface area contributed by atoms with Gasteiger partial charge >= 0.3 is 12.1 Å². The minimum atomic E-state index is -0.531. The number of piperidine rings is 1. The molecule has 1 heterocycles. The molecular formula is C22H36N4O3. The van der Waals surface area contributed by atoms with Crippen LogP contribution in [0.3, 0.4) is 0 Å². The first-order chi connectivity index (χ1) is 13.7. The molecule has 3 amide bonds. The molecule has 1 aromatic rings. The third-order valence-electron chi connectivity index (χ3n) is 5.40. The second-order valence-corrected chi connectivity index (χ2v) is 8.84. The molecule has 7 nitrogen and oxygen atoms in total. The van der Waals surface area contributed by atoms with E-state index in [2.05, 4.69) is 34.9 Å². The number of likely N-dealkylation sites (tertiary alicyclic amines) is 1. The summed E-state index contributed by atoms with van der Waals surface area (Å²) in [7, 11) is 0. The van der Waals surface area contributed by atoms with Crippen LogP contribution in [0.25, 0.3) is 0 Å². The molecule has 0 aliphatic carbocycles. The second-order valence-electron chi connectivity index (χ2n) is 8.84. The molecule has 0 bridgehead atoms. The van der Waals surface area contributed by atoms with Crippen LogP contribution in [0.1, 0.15) is 45.6 Å². The minimum Gasteiger partial charge on any atom is -0.444 e. The van der Waals surface area contributed by atoms with Crippen molar-refractivity contribution in [2.45, 2.75) is 52.1 Å². The lowest BCUT2D eigenvalue weighted by Gasteiger charge is -2.41. The van der Waals surface area contributed by atoms with Gasteiger partial charge in [0.25, 0.3) is 0 Å². The first-order valence-corrected chi connectivity index (χ1v) is 10.5. The van der Waals surface area contributed by atoms with E-state index in [1.165, 1.54) is 5.56 Å². The molecule has 0 aromatic heterocycles. The van der Waals surface area contributed by atoms with Crippen LogP contribution >= 0.6 is 0 Å². The third-order valence-corrected chi connectivity index (χ3v) is 5.40. The number of hydrogen-bond acceptors (Lipinski definition) is 4. The van der Waals surface area contributed by atoms with Crippen molar-refractivity contribution in [2.24, 2.45) is 11.1 Å². The number of rotatable bonds is 7. The van der Waals surface area contributed by atoms with Gasteiger partial charge in [-0.25, -0.2) is 9.59 Å². The third kappa shape index (κ3) is 7.93. The number of nitrogens with zero attached hydrogens (tertiary/aromatic N) is 1. The van der Waals surface area contributed by atoms with E-state index in [9.17, 15) is 9.59 Å². The summed E-state index contributed by atoms with van der Waals surface area (Å²) < 4.78 is 5.17. The molecule has 4 N–H and O–H groups in total. The van der Waals surface area contributed by atoms with E-state index in [4.69, 9.17) is 10.5 Å². The zero-order chi connectivity index (χ0) is 21.3. The fraction of sp³-hybridized carbons (Fsp3) is 0.636. The summed E-state index contributed by atoms with van der Waals surface area (Å²) in [5.41, 5.74) is 7.03. The summed E-state index contributed by atoms with van der Waals surface area (Å²) in [6.07, 6.45) is 3.42. The van der Waals surface area contributed by atoms with Crippen molar-refractivity contribution in [3.8, 4) is 0 Å². The van der Waals surface area contributed by atoms with Gasteiger partial charge in [-0.15, -0.1) is 0 Å². The number of hydrogen-bond donors (Lipinski definition) is 3. The molecule has 0 spiro atoms. The van der Waals surface area contributed by atoms with E-state index in [-0.39, 0.29) is 11.4 Å². The summed E-state index contributed by atoms with van der Waals surface area (Å²) in [6, 6.07) is 10.4. The fourth-order valence-corrected chi connectivity index (χ4v) is 3.55. The molecule has 0 radical (unpaired) electrons. The van der Waals surface area contributed by atoms with E-state index in [1.54, 1.807) is 0 Å². The Hall–Kier alpha value is -2.28. The minimum absolute atomic E-state index is 0.0929. The highest BCUT2D eigenvalue weighted by atomic mass is 16.6.